The number of rotatable bonds is 10. The Hall–Kier alpha value is -5.16. The maximum atomic E-state index is 13.6. The van der Waals surface area contributed by atoms with Gasteiger partial charge >= 0.3 is 23.8 Å². The molecule has 2 unspecified atom stereocenters. The van der Waals surface area contributed by atoms with Crippen molar-refractivity contribution < 1.29 is 38.3 Å². The number of carbonyl (C=O) groups is 6. The first kappa shape index (κ1) is 31.3. The summed E-state index contributed by atoms with van der Waals surface area (Å²) in [5.41, 5.74) is 5.95. The highest BCUT2D eigenvalue weighted by atomic mass is 32.2. The number of benzene rings is 2. The minimum Gasteiger partial charge on any atom is -0.477 e. The number of β-lactam (4-membered cyclic amide) rings is 1. The van der Waals surface area contributed by atoms with Crippen LogP contribution in [0, 0.1) is 0 Å². The number of aliphatic carboxylic acids is 1. The molecule has 1 saturated heterocycles. The molecule has 17 heteroatoms. The first-order chi connectivity index (χ1) is 21.6. The number of thioether (sulfide) groups is 2. The fourth-order valence-electron chi connectivity index (χ4n) is 4.58. The van der Waals surface area contributed by atoms with Crippen LogP contribution in [0.5, 0.6) is 0 Å². The zero-order chi connectivity index (χ0) is 32.2. The molecule has 6 amide bonds. The lowest BCUT2D eigenvalue weighted by Gasteiger charge is -2.49. The molecule has 232 valence electrons. The van der Waals surface area contributed by atoms with Crippen molar-refractivity contribution >= 4 is 59.2 Å². The van der Waals surface area contributed by atoms with Crippen LogP contribution in [0.2, 0.25) is 0 Å². The Labute approximate surface area is 263 Å². The summed E-state index contributed by atoms with van der Waals surface area (Å²) in [6, 6.07) is 13.2. The Kier molecular flexibility index (Phi) is 9.19. The minimum atomic E-state index is -1.34. The van der Waals surface area contributed by atoms with E-state index in [-0.39, 0.29) is 33.9 Å². The summed E-state index contributed by atoms with van der Waals surface area (Å²) in [5.74, 6) is -4.31. The molecule has 5 rings (SSSR count). The molecule has 3 heterocycles. The van der Waals surface area contributed by atoms with Crippen LogP contribution in [-0.2, 0) is 14.4 Å². The molecule has 15 nitrogen and oxygen atoms in total. The molecule has 1 fully saturated rings. The lowest BCUT2D eigenvalue weighted by Crippen LogP contribution is -2.71. The predicted octanol–water partition coefficient (Wildman–Crippen LogP) is 1.22. The maximum Gasteiger partial charge on any atom is 0.352 e. The number of fused-ring (bicyclic) bond motifs is 1. The van der Waals surface area contributed by atoms with Crippen molar-refractivity contribution in [1.29, 1.82) is 0 Å². The SMILES string of the molecule is CN(C(=O)NC(C(=O)NC1C(=O)N2C(C(=O)O)=C(CSc3nnc(C(N)=O)o3)CS[C@@H]12)c1ccccc1)C(=O)c1ccccc1. The van der Waals surface area contributed by atoms with Crippen molar-refractivity contribution in [2.75, 3.05) is 18.6 Å². The van der Waals surface area contributed by atoms with Gasteiger partial charge in [0.2, 0.25) is 5.91 Å². The molecule has 45 heavy (non-hydrogen) atoms. The quantitative estimate of drug-likeness (QED) is 0.180. The van der Waals surface area contributed by atoms with Gasteiger partial charge in [-0.15, -0.1) is 22.0 Å². The number of hydrogen-bond donors (Lipinski definition) is 4. The Balaban J connectivity index is 1.29. The Morgan fingerprint density at radius 1 is 1.11 bits per heavy atom. The highest BCUT2D eigenvalue weighted by Crippen LogP contribution is 2.41. The number of urea groups is 1. The third-order valence-electron chi connectivity index (χ3n) is 6.83. The van der Waals surface area contributed by atoms with Crippen LogP contribution in [0.4, 0.5) is 4.79 Å². The van der Waals surface area contributed by atoms with Crippen molar-refractivity contribution in [1.82, 2.24) is 30.6 Å². The van der Waals surface area contributed by atoms with E-state index in [2.05, 4.69) is 20.8 Å². The summed E-state index contributed by atoms with van der Waals surface area (Å²) in [6.45, 7) is 0. The van der Waals surface area contributed by atoms with Crippen LogP contribution >= 0.6 is 23.5 Å². The number of nitrogens with zero attached hydrogens (tertiary/aromatic N) is 4. The molecule has 2 aliphatic heterocycles. The van der Waals surface area contributed by atoms with E-state index in [1.54, 1.807) is 60.7 Å². The standard InChI is InChI=1S/C28H25N7O8S2/c1-34(23(38)15-10-6-3-7-11-15)27(42)31-17(14-8-4-2-5-9-14)21(37)30-18-24(39)35-19(26(40)41)16(12-44-25(18)35)13-45-28-33-32-22(43-28)20(29)36/h2-11,17-18,25H,12-13H2,1H3,(H2,29,36)(H,30,37)(H,31,42)(H,40,41)/t17?,18?,25-/m0/s1. The van der Waals surface area contributed by atoms with E-state index in [0.717, 1.165) is 21.6 Å². The number of nitrogens with one attached hydrogen (secondary N) is 2. The second-order valence-electron chi connectivity index (χ2n) is 9.70. The topological polar surface area (TPSA) is 218 Å². The van der Waals surface area contributed by atoms with Gasteiger partial charge < -0.3 is 25.9 Å². The van der Waals surface area contributed by atoms with Crippen molar-refractivity contribution in [3.05, 3.63) is 89.0 Å². The normalized spacial score (nSPS) is 17.9. The number of aromatic nitrogens is 2. The van der Waals surface area contributed by atoms with Crippen molar-refractivity contribution in [3.63, 3.8) is 0 Å². The number of imide groups is 1. The summed E-state index contributed by atoms with van der Waals surface area (Å²) in [6.07, 6.45) is 0. The number of carbonyl (C=O) groups excluding carboxylic acids is 5. The van der Waals surface area contributed by atoms with Crippen LogP contribution in [0.15, 0.2) is 81.6 Å². The molecule has 0 bridgehead atoms. The third kappa shape index (κ3) is 6.53. The van der Waals surface area contributed by atoms with Gasteiger partial charge in [0.15, 0.2) is 0 Å². The van der Waals surface area contributed by atoms with Crippen LogP contribution in [0.1, 0.15) is 32.6 Å². The van der Waals surface area contributed by atoms with E-state index < -0.39 is 53.1 Å². The van der Waals surface area contributed by atoms with E-state index in [0.29, 0.717) is 11.1 Å². The average Bonchev–Trinajstić information content (AvgIpc) is 3.54. The van der Waals surface area contributed by atoms with E-state index in [1.165, 1.54) is 18.8 Å². The van der Waals surface area contributed by atoms with Gasteiger partial charge in [-0.1, -0.05) is 60.3 Å². The lowest BCUT2D eigenvalue weighted by molar-refractivity contribution is -0.151. The highest BCUT2D eigenvalue weighted by Gasteiger charge is 2.54. The summed E-state index contributed by atoms with van der Waals surface area (Å²) in [7, 11) is 1.28. The van der Waals surface area contributed by atoms with E-state index in [4.69, 9.17) is 10.2 Å². The van der Waals surface area contributed by atoms with Gasteiger partial charge in [0.25, 0.3) is 17.0 Å². The van der Waals surface area contributed by atoms with Crippen LogP contribution < -0.4 is 16.4 Å². The molecule has 0 radical (unpaired) electrons. The highest BCUT2D eigenvalue weighted by molar-refractivity contribution is 8.01. The zero-order valence-electron chi connectivity index (χ0n) is 23.4. The largest absolute Gasteiger partial charge is 0.477 e. The second-order valence-corrected chi connectivity index (χ2v) is 11.7. The molecule has 0 aliphatic carbocycles. The van der Waals surface area contributed by atoms with Gasteiger partial charge in [0.05, 0.1) is 0 Å². The Morgan fingerprint density at radius 3 is 2.40 bits per heavy atom. The Morgan fingerprint density at radius 2 is 1.78 bits per heavy atom. The lowest BCUT2D eigenvalue weighted by atomic mass is 10.0. The minimum absolute atomic E-state index is 0.00153. The third-order valence-corrected chi connectivity index (χ3v) is 9.07. The maximum absolute atomic E-state index is 13.6. The number of carboxylic acids is 1. The molecular weight excluding hydrogens is 626 g/mol. The van der Waals surface area contributed by atoms with Gasteiger partial charge in [0.1, 0.15) is 23.2 Å². The van der Waals surface area contributed by atoms with E-state index in [9.17, 15) is 33.9 Å². The van der Waals surface area contributed by atoms with Gasteiger partial charge in [-0.2, -0.15) is 0 Å². The zero-order valence-corrected chi connectivity index (χ0v) is 25.0. The molecule has 3 aromatic rings. The van der Waals surface area contributed by atoms with E-state index in [1.807, 2.05) is 0 Å². The predicted molar refractivity (Wildman–Crippen MR) is 159 cm³/mol. The number of hydrogen-bond acceptors (Lipinski definition) is 11. The second kappa shape index (κ2) is 13.2. The smallest absolute Gasteiger partial charge is 0.352 e. The summed E-state index contributed by atoms with van der Waals surface area (Å²) in [4.78, 5) is 78.0. The van der Waals surface area contributed by atoms with Crippen molar-refractivity contribution in [3.8, 4) is 0 Å². The fraction of sp³-hybridized carbons (Fsp3) is 0.214. The summed E-state index contributed by atoms with van der Waals surface area (Å²) < 4.78 is 5.12. The number of nitrogens with two attached hydrogens (primary N) is 1. The van der Waals surface area contributed by atoms with Gasteiger partial charge in [-0.25, -0.2) is 9.59 Å². The number of carboxylic acid groups (broad SMARTS) is 1. The molecule has 2 aromatic carbocycles. The van der Waals surface area contributed by atoms with Crippen molar-refractivity contribution in [2.24, 2.45) is 5.73 Å². The fourth-order valence-corrected chi connectivity index (χ4v) is 6.83. The molecule has 5 N–H and O–H groups in total. The number of primary amides is 1. The molecule has 3 atom stereocenters. The van der Waals surface area contributed by atoms with Gasteiger partial charge in [-0.3, -0.25) is 29.0 Å². The van der Waals surface area contributed by atoms with Crippen LogP contribution in [-0.4, -0.2) is 90.7 Å². The molecular formula is C28H25N7O8S2. The number of amides is 6. The molecule has 2 aliphatic rings. The first-order valence-corrected chi connectivity index (χ1v) is 15.2. The Bertz CT molecular complexity index is 1700. The summed E-state index contributed by atoms with van der Waals surface area (Å²) in [5, 5.41) is 21.6. The monoisotopic (exact) mass is 651 g/mol. The van der Waals surface area contributed by atoms with Crippen molar-refractivity contribution in [2.45, 2.75) is 22.7 Å². The average molecular weight is 652 g/mol. The summed E-state index contributed by atoms with van der Waals surface area (Å²) >= 11 is 2.22. The molecule has 0 spiro atoms. The first-order valence-electron chi connectivity index (χ1n) is 13.2. The van der Waals surface area contributed by atoms with Gasteiger partial charge in [-0.05, 0) is 23.3 Å². The van der Waals surface area contributed by atoms with E-state index >= 15 is 0 Å². The van der Waals surface area contributed by atoms with Gasteiger partial charge in [0, 0.05) is 24.1 Å². The molecule has 1 aromatic heterocycles. The van der Waals surface area contributed by atoms with Crippen LogP contribution in [0.25, 0.3) is 0 Å². The van der Waals surface area contributed by atoms with Crippen LogP contribution in [0.3, 0.4) is 0 Å². The molecule has 0 saturated carbocycles.